The fourth-order valence-corrected chi connectivity index (χ4v) is 4.32. The smallest absolute Gasteiger partial charge is 0.322 e. The average Bonchev–Trinajstić information content (AvgIpc) is 3.24. The second-order valence-corrected chi connectivity index (χ2v) is 8.04. The molecule has 0 saturated carbocycles. The van der Waals surface area contributed by atoms with Gasteiger partial charge in [-0.1, -0.05) is 30.3 Å². The molecule has 1 saturated heterocycles. The van der Waals surface area contributed by atoms with Crippen LogP contribution in [0, 0.1) is 12.7 Å². The number of carbonyl (C=O) groups is 3. The molecule has 0 spiro atoms. The summed E-state index contributed by atoms with van der Waals surface area (Å²) in [5.74, 6) is -1.41. The first-order valence-electron chi connectivity index (χ1n) is 10.1. The minimum atomic E-state index is -1.44. The molecule has 0 aliphatic carbocycles. The lowest BCUT2D eigenvalue weighted by Crippen LogP contribution is -2.52. The van der Waals surface area contributed by atoms with E-state index in [4.69, 9.17) is 0 Å². The molecule has 32 heavy (non-hydrogen) atoms. The summed E-state index contributed by atoms with van der Waals surface area (Å²) in [6, 6.07) is 14.5. The van der Waals surface area contributed by atoms with E-state index < -0.39 is 23.3 Å². The lowest BCUT2D eigenvalue weighted by molar-refractivity contribution is -0.124. The van der Waals surface area contributed by atoms with Crippen LogP contribution in [0.3, 0.4) is 0 Å². The van der Waals surface area contributed by atoms with Gasteiger partial charge in [0.2, 0.25) is 0 Å². The molecular weight excluding hydrogens is 411 g/mol. The molecule has 1 atom stereocenters. The van der Waals surface area contributed by atoms with Crippen molar-refractivity contribution in [2.75, 3.05) is 6.54 Å². The quantitative estimate of drug-likeness (QED) is 0.623. The summed E-state index contributed by atoms with van der Waals surface area (Å²) in [5, 5.41) is 4.99. The number of urea groups is 1. The van der Waals surface area contributed by atoms with Crippen LogP contribution < -0.4 is 10.6 Å². The Hall–Kier alpha value is -4.07. The predicted octanol–water partition coefficient (Wildman–Crippen LogP) is 2.89. The molecule has 5 rings (SSSR count). The van der Waals surface area contributed by atoms with Crippen molar-refractivity contribution in [3.63, 3.8) is 0 Å². The molecule has 4 amide bonds. The summed E-state index contributed by atoms with van der Waals surface area (Å²) in [6.07, 6.45) is 1.73. The summed E-state index contributed by atoms with van der Waals surface area (Å²) in [4.78, 5) is 43.5. The number of hydrogen-bond donors (Lipinski definition) is 2. The molecule has 2 aromatic carbocycles. The van der Waals surface area contributed by atoms with Crippen molar-refractivity contribution >= 4 is 17.8 Å². The van der Waals surface area contributed by atoms with Crippen molar-refractivity contribution in [2.45, 2.75) is 19.0 Å². The maximum absolute atomic E-state index is 13.6. The zero-order valence-corrected chi connectivity index (χ0v) is 17.2. The Morgan fingerprint density at radius 2 is 1.81 bits per heavy atom. The van der Waals surface area contributed by atoms with Crippen LogP contribution in [-0.2, 0) is 16.9 Å². The first kappa shape index (κ1) is 19.9. The van der Waals surface area contributed by atoms with E-state index in [-0.39, 0.29) is 24.6 Å². The van der Waals surface area contributed by atoms with Crippen LogP contribution in [-0.4, -0.2) is 34.3 Å². The zero-order valence-electron chi connectivity index (χ0n) is 17.2. The molecule has 2 aliphatic heterocycles. The number of imide groups is 1. The average molecular weight is 430 g/mol. The van der Waals surface area contributed by atoms with Gasteiger partial charge in [-0.3, -0.25) is 19.9 Å². The van der Waals surface area contributed by atoms with Crippen molar-refractivity contribution in [3.8, 4) is 11.1 Å². The number of rotatable bonds is 4. The van der Waals surface area contributed by atoms with Crippen molar-refractivity contribution < 1.29 is 18.8 Å². The Labute approximate surface area is 183 Å². The predicted molar refractivity (Wildman–Crippen MR) is 114 cm³/mol. The Bertz CT molecular complexity index is 1270. The molecule has 1 fully saturated rings. The van der Waals surface area contributed by atoms with Crippen molar-refractivity contribution in [3.05, 3.63) is 89.0 Å². The molecule has 0 bridgehead atoms. The van der Waals surface area contributed by atoms with Gasteiger partial charge in [0.05, 0.1) is 6.54 Å². The molecule has 8 heteroatoms. The lowest BCUT2D eigenvalue weighted by atomic mass is 9.88. The molecule has 0 radical (unpaired) electrons. The summed E-state index contributed by atoms with van der Waals surface area (Å²) in [7, 11) is 0. The Morgan fingerprint density at radius 3 is 2.50 bits per heavy atom. The molecular formula is C24H19FN4O3. The number of fused-ring (bicyclic) bond motifs is 1. The first-order valence-corrected chi connectivity index (χ1v) is 10.1. The van der Waals surface area contributed by atoms with E-state index in [1.807, 2.05) is 31.2 Å². The Balaban J connectivity index is 1.49. The van der Waals surface area contributed by atoms with Crippen molar-refractivity contribution in [1.82, 2.24) is 20.5 Å². The normalized spacial score (nSPS) is 19.7. The monoisotopic (exact) mass is 430 g/mol. The van der Waals surface area contributed by atoms with Crippen LogP contribution in [0.15, 0.2) is 60.8 Å². The molecule has 2 aliphatic rings. The number of aromatic nitrogens is 1. The molecule has 160 valence electrons. The van der Waals surface area contributed by atoms with E-state index in [1.54, 1.807) is 24.4 Å². The number of halogens is 1. The van der Waals surface area contributed by atoms with Crippen LogP contribution >= 0.6 is 0 Å². The van der Waals surface area contributed by atoms with Crippen LogP contribution in [0.25, 0.3) is 11.1 Å². The highest BCUT2D eigenvalue weighted by Gasteiger charge is 2.50. The fourth-order valence-electron chi connectivity index (χ4n) is 4.32. The number of nitrogens with zero attached hydrogens (tertiary/aromatic N) is 2. The number of amides is 4. The Kier molecular flexibility index (Phi) is 4.51. The van der Waals surface area contributed by atoms with Crippen LogP contribution in [0.1, 0.15) is 27.2 Å². The third-order valence-electron chi connectivity index (χ3n) is 5.93. The molecule has 0 unspecified atom stereocenters. The highest BCUT2D eigenvalue weighted by molar-refractivity contribution is 6.08. The first-order chi connectivity index (χ1) is 15.4. The number of pyridine rings is 1. The van der Waals surface area contributed by atoms with Crippen LogP contribution in [0.2, 0.25) is 0 Å². The van der Waals surface area contributed by atoms with Gasteiger partial charge in [0.1, 0.15) is 5.82 Å². The molecule has 1 aromatic heterocycles. The van der Waals surface area contributed by atoms with Gasteiger partial charge in [0.15, 0.2) is 5.54 Å². The Morgan fingerprint density at radius 1 is 1.03 bits per heavy atom. The third kappa shape index (κ3) is 3.20. The molecule has 3 aromatic rings. The molecule has 2 N–H and O–H groups in total. The van der Waals surface area contributed by atoms with Crippen molar-refractivity contribution in [2.24, 2.45) is 0 Å². The number of benzene rings is 2. The fraction of sp³-hybridized carbons (Fsp3) is 0.167. The maximum Gasteiger partial charge on any atom is 0.322 e. The summed E-state index contributed by atoms with van der Waals surface area (Å²) < 4.78 is 13.6. The van der Waals surface area contributed by atoms with Gasteiger partial charge in [-0.25, -0.2) is 9.18 Å². The number of carbonyl (C=O) groups excluding carboxylic acids is 3. The van der Waals surface area contributed by atoms with Gasteiger partial charge >= 0.3 is 6.03 Å². The summed E-state index contributed by atoms with van der Waals surface area (Å²) >= 11 is 0. The minimum Gasteiger partial charge on any atom is -0.331 e. The largest absolute Gasteiger partial charge is 0.331 e. The van der Waals surface area contributed by atoms with Gasteiger partial charge in [-0.2, -0.15) is 0 Å². The second-order valence-electron chi connectivity index (χ2n) is 8.04. The van der Waals surface area contributed by atoms with Crippen LogP contribution in [0.5, 0.6) is 0 Å². The number of nitrogens with one attached hydrogen (secondary N) is 2. The number of aryl methyl sites for hydroxylation is 1. The van der Waals surface area contributed by atoms with Gasteiger partial charge in [0.25, 0.3) is 11.8 Å². The van der Waals surface area contributed by atoms with E-state index in [0.717, 1.165) is 16.8 Å². The minimum absolute atomic E-state index is 0.0760. The lowest BCUT2D eigenvalue weighted by Gasteiger charge is -2.31. The highest BCUT2D eigenvalue weighted by Crippen LogP contribution is 2.32. The van der Waals surface area contributed by atoms with E-state index in [2.05, 4.69) is 15.6 Å². The zero-order chi connectivity index (χ0) is 22.5. The SMILES string of the molecule is Cc1cc(-c2ccc([C@@]3(CN4Cc5ccc(F)cc5C4=O)NC(=O)NC3=O)cc2)ccn1. The molecule has 3 heterocycles. The summed E-state index contributed by atoms with van der Waals surface area (Å²) in [6.45, 7) is 2.06. The van der Waals surface area contributed by atoms with Crippen molar-refractivity contribution in [1.29, 1.82) is 0 Å². The standard InChI is InChI=1S/C24H19FN4O3/c1-14-10-16(8-9-26-14)15-2-5-18(6-3-15)24(22(31)27-23(32)28-24)13-29-12-17-4-7-19(25)11-20(17)21(29)30/h2-11H,12-13H2,1H3,(H2,27,28,31,32)/t24-/m1/s1. The topological polar surface area (TPSA) is 91.4 Å². The van der Waals surface area contributed by atoms with E-state index >= 15 is 0 Å². The van der Waals surface area contributed by atoms with E-state index in [1.165, 1.54) is 17.0 Å². The maximum atomic E-state index is 13.6. The second kappa shape index (κ2) is 7.26. The van der Waals surface area contributed by atoms with E-state index in [9.17, 15) is 18.8 Å². The molecule has 7 nitrogen and oxygen atoms in total. The van der Waals surface area contributed by atoms with E-state index in [0.29, 0.717) is 11.1 Å². The van der Waals surface area contributed by atoms with Gasteiger partial charge in [0, 0.05) is 24.0 Å². The van der Waals surface area contributed by atoms with Gasteiger partial charge in [-0.15, -0.1) is 0 Å². The number of hydrogen-bond acceptors (Lipinski definition) is 4. The third-order valence-corrected chi connectivity index (χ3v) is 5.93. The highest BCUT2D eigenvalue weighted by atomic mass is 19.1. The van der Waals surface area contributed by atoms with Gasteiger partial charge in [-0.05, 0) is 53.4 Å². The van der Waals surface area contributed by atoms with Crippen LogP contribution in [0.4, 0.5) is 9.18 Å². The summed E-state index contributed by atoms with van der Waals surface area (Å²) in [5.41, 5.74) is 2.84. The van der Waals surface area contributed by atoms with Gasteiger partial charge < -0.3 is 10.2 Å².